The molecule has 0 atom stereocenters. The molecular formula is C51H33N5. The van der Waals surface area contributed by atoms with Crippen LogP contribution < -0.4 is 0 Å². The van der Waals surface area contributed by atoms with Crippen LogP contribution in [-0.4, -0.2) is 24.1 Å². The summed E-state index contributed by atoms with van der Waals surface area (Å²) in [5, 5.41) is 4.63. The van der Waals surface area contributed by atoms with Crippen molar-refractivity contribution in [2.24, 2.45) is 0 Å². The Bertz CT molecular complexity index is 3220. The zero-order chi connectivity index (χ0) is 37.0. The molecule has 0 aliphatic rings. The van der Waals surface area contributed by atoms with Gasteiger partial charge in [0, 0.05) is 38.4 Å². The SMILES string of the molecule is c1ccc(-c2ccc(-c3nc(-c4cccc(-c5ccccc5)c4)nc(-n4c5ccccc5c5cc6c(cc54)c4ccccc4n6-c4ccccc4)n3)cc2)cc1. The highest BCUT2D eigenvalue weighted by Crippen LogP contribution is 2.39. The molecule has 0 saturated carbocycles. The van der Waals surface area contributed by atoms with Gasteiger partial charge in [-0.25, -0.2) is 4.98 Å². The van der Waals surface area contributed by atoms with E-state index in [9.17, 15) is 0 Å². The van der Waals surface area contributed by atoms with Crippen LogP contribution in [0, 0.1) is 0 Å². The summed E-state index contributed by atoms with van der Waals surface area (Å²) in [5.41, 5.74) is 11.9. The van der Waals surface area contributed by atoms with E-state index in [1.54, 1.807) is 0 Å². The highest BCUT2D eigenvalue weighted by Gasteiger charge is 2.21. The summed E-state index contributed by atoms with van der Waals surface area (Å²) in [5.74, 6) is 1.80. The van der Waals surface area contributed by atoms with E-state index in [0.29, 0.717) is 17.6 Å². The van der Waals surface area contributed by atoms with Gasteiger partial charge in [0.05, 0.1) is 22.1 Å². The van der Waals surface area contributed by atoms with Gasteiger partial charge in [0.15, 0.2) is 11.6 Å². The van der Waals surface area contributed by atoms with Crippen molar-refractivity contribution in [3.05, 3.63) is 200 Å². The van der Waals surface area contributed by atoms with Crippen molar-refractivity contribution in [1.82, 2.24) is 24.1 Å². The lowest BCUT2D eigenvalue weighted by Gasteiger charge is -2.12. The first-order valence-electron chi connectivity index (χ1n) is 18.9. The molecule has 0 unspecified atom stereocenters. The maximum absolute atomic E-state index is 5.30. The predicted octanol–water partition coefficient (Wildman–Crippen LogP) is 12.7. The Hall–Kier alpha value is -7.63. The van der Waals surface area contributed by atoms with Crippen molar-refractivity contribution >= 4 is 43.6 Å². The summed E-state index contributed by atoms with van der Waals surface area (Å²) in [4.78, 5) is 15.8. The van der Waals surface area contributed by atoms with E-state index in [0.717, 1.165) is 60.8 Å². The molecule has 0 aliphatic heterocycles. The number of aromatic nitrogens is 5. The lowest BCUT2D eigenvalue weighted by molar-refractivity contribution is 0.954. The fraction of sp³-hybridized carbons (Fsp3) is 0. The van der Waals surface area contributed by atoms with Gasteiger partial charge < -0.3 is 4.57 Å². The van der Waals surface area contributed by atoms with Gasteiger partial charge in [0.1, 0.15) is 0 Å². The Balaban J connectivity index is 1.17. The van der Waals surface area contributed by atoms with Crippen molar-refractivity contribution in [1.29, 1.82) is 0 Å². The first kappa shape index (κ1) is 31.9. The maximum Gasteiger partial charge on any atom is 0.238 e. The molecular weight excluding hydrogens is 683 g/mol. The van der Waals surface area contributed by atoms with Gasteiger partial charge in [0.25, 0.3) is 0 Å². The second-order valence-electron chi connectivity index (χ2n) is 14.1. The van der Waals surface area contributed by atoms with E-state index in [2.05, 4.69) is 197 Å². The average Bonchev–Trinajstić information content (AvgIpc) is 3.78. The van der Waals surface area contributed by atoms with Gasteiger partial charge in [-0.15, -0.1) is 0 Å². The lowest BCUT2D eigenvalue weighted by atomic mass is 10.0. The molecule has 0 fully saturated rings. The van der Waals surface area contributed by atoms with E-state index in [1.807, 2.05) is 12.1 Å². The molecule has 11 aromatic rings. The Morgan fingerprint density at radius 1 is 0.268 bits per heavy atom. The topological polar surface area (TPSA) is 48.5 Å². The second kappa shape index (κ2) is 13.0. The van der Waals surface area contributed by atoms with Crippen molar-refractivity contribution in [3.8, 4) is 56.7 Å². The van der Waals surface area contributed by atoms with Gasteiger partial charge in [-0.3, -0.25) is 4.57 Å². The van der Waals surface area contributed by atoms with Crippen molar-refractivity contribution < 1.29 is 0 Å². The average molecular weight is 716 g/mol. The molecule has 5 nitrogen and oxygen atoms in total. The lowest BCUT2D eigenvalue weighted by Crippen LogP contribution is -2.06. The third-order valence-corrected chi connectivity index (χ3v) is 10.8. The van der Waals surface area contributed by atoms with Crippen LogP contribution >= 0.6 is 0 Å². The molecule has 56 heavy (non-hydrogen) atoms. The van der Waals surface area contributed by atoms with Crippen LogP contribution in [0.2, 0.25) is 0 Å². The minimum Gasteiger partial charge on any atom is -0.309 e. The maximum atomic E-state index is 5.30. The second-order valence-corrected chi connectivity index (χ2v) is 14.1. The van der Waals surface area contributed by atoms with Gasteiger partial charge in [-0.2, -0.15) is 9.97 Å². The minimum absolute atomic E-state index is 0.569. The molecule has 0 amide bonds. The molecule has 3 aromatic heterocycles. The van der Waals surface area contributed by atoms with Crippen LogP contribution in [0.3, 0.4) is 0 Å². The largest absolute Gasteiger partial charge is 0.309 e. The molecule has 0 N–H and O–H groups in total. The van der Waals surface area contributed by atoms with Crippen LogP contribution in [0.25, 0.3) is 100 Å². The van der Waals surface area contributed by atoms with Crippen molar-refractivity contribution in [2.75, 3.05) is 0 Å². The third-order valence-electron chi connectivity index (χ3n) is 10.8. The third kappa shape index (κ3) is 5.29. The monoisotopic (exact) mass is 715 g/mol. The molecule has 11 rings (SSSR count). The van der Waals surface area contributed by atoms with Crippen LogP contribution in [0.5, 0.6) is 0 Å². The normalized spacial score (nSPS) is 11.6. The molecule has 8 aromatic carbocycles. The summed E-state index contributed by atoms with van der Waals surface area (Å²) >= 11 is 0. The molecule has 0 spiro atoms. The highest BCUT2D eigenvalue weighted by molar-refractivity contribution is 6.18. The first-order chi connectivity index (χ1) is 27.8. The Morgan fingerprint density at radius 2 is 0.714 bits per heavy atom. The summed E-state index contributed by atoms with van der Waals surface area (Å²) in [6, 6.07) is 70.3. The smallest absolute Gasteiger partial charge is 0.238 e. The fourth-order valence-electron chi connectivity index (χ4n) is 8.14. The Labute approximate surface area is 323 Å². The zero-order valence-corrected chi connectivity index (χ0v) is 30.3. The molecule has 0 bridgehead atoms. The standard InChI is InChI=1S/C51H33N5/c1-4-15-34(16-5-1)36-27-29-37(30-28-36)49-52-50(39-20-14-19-38(31-39)35-17-6-2-7-18-35)54-51(53-49)56-46-26-13-11-24-42(46)44-32-47-43(33-48(44)56)41-23-10-12-25-45(41)55(47)40-21-8-3-9-22-40/h1-33H. The fourth-order valence-corrected chi connectivity index (χ4v) is 8.14. The minimum atomic E-state index is 0.569. The van der Waals surface area contributed by atoms with E-state index in [-0.39, 0.29) is 0 Å². The Kier molecular flexibility index (Phi) is 7.42. The van der Waals surface area contributed by atoms with Gasteiger partial charge >= 0.3 is 0 Å². The molecule has 0 saturated heterocycles. The number of fused-ring (bicyclic) bond motifs is 6. The van der Waals surface area contributed by atoms with Crippen LogP contribution in [0.1, 0.15) is 0 Å². The summed E-state index contributed by atoms with van der Waals surface area (Å²) < 4.78 is 4.58. The van der Waals surface area contributed by atoms with E-state index >= 15 is 0 Å². The van der Waals surface area contributed by atoms with Crippen LogP contribution in [-0.2, 0) is 0 Å². The number of benzene rings is 8. The van der Waals surface area contributed by atoms with Crippen molar-refractivity contribution in [3.63, 3.8) is 0 Å². The molecule has 3 heterocycles. The number of hydrogen-bond acceptors (Lipinski definition) is 3. The number of nitrogens with zero attached hydrogens (tertiary/aromatic N) is 5. The van der Waals surface area contributed by atoms with E-state index in [4.69, 9.17) is 15.0 Å². The number of para-hydroxylation sites is 3. The van der Waals surface area contributed by atoms with Gasteiger partial charge in [0.2, 0.25) is 5.95 Å². The predicted molar refractivity (Wildman–Crippen MR) is 230 cm³/mol. The van der Waals surface area contributed by atoms with Gasteiger partial charge in [-0.05, 0) is 64.7 Å². The van der Waals surface area contributed by atoms with Crippen LogP contribution in [0.4, 0.5) is 0 Å². The first-order valence-corrected chi connectivity index (χ1v) is 18.9. The summed E-state index contributed by atoms with van der Waals surface area (Å²) in [6.07, 6.45) is 0. The number of hydrogen-bond donors (Lipinski definition) is 0. The quantitative estimate of drug-likeness (QED) is 0.172. The highest BCUT2D eigenvalue weighted by atomic mass is 15.2. The van der Waals surface area contributed by atoms with Crippen molar-refractivity contribution in [2.45, 2.75) is 0 Å². The summed E-state index contributed by atoms with van der Waals surface area (Å²) in [6.45, 7) is 0. The molecule has 5 heteroatoms. The molecule has 0 radical (unpaired) electrons. The summed E-state index contributed by atoms with van der Waals surface area (Å²) in [7, 11) is 0. The molecule has 262 valence electrons. The van der Waals surface area contributed by atoms with E-state index in [1.165, 1.54) is 21.9 Å². The van der Waals surface area contributed by atoms with Gasteiger partial charge in [-0.1, -0.05) is 158 Å². The van der Waals surface area contributed by atoms with Crippen LogP contribution in [0.15, 0.2) is 200 Å². The Morgan fingerprint density at radius 3 is 1.36 bits per heavy atom. The van der Waals surface area contributed by atoms with E-state index < -0.39 is 0 Å². The zero-order valence-electron chi connectivity index (χ0n) is 30.3. The number of rotatable bonds is 6. The molecule has 0 aliphatic carbocycles.